The van der Waals surface area contributed by atoms with Crippen molar-refractivity contribution in [2.24, 2.45) is 7.05 Å². The SMILES string of the molecule is Cl.Cl.Cn1ccnc1CCc1ccc(N)cc1. The van der Waals surface area contributed by atoms with Gasteiger partial charge in [0.15, 0.2) is 0 Å². The van der Waals surface area contributed by atoms with Crippen LogP contribution in [-0.4, -0.2) is 9.55 Å². The van der Waals surface area contributed by atoms with E-state index in [9.17, 15) is 0 Å². The van der Waals surface area contributed by atoms with Crippen LogP contribution >= 0.6 is 24.8 Å². The molecular formula is C12H17Cl2N3. The second kappa shape index (κ2) is 7.20. The van der Waals surface area contributed by atoms with E-state index < -0.39 is 0 Å². The Bertz CT molecular complexity index is 437. The molecule has 0 aliphatic heterocycles. The topological polar surface area (TPSA) is 43.8 Å². The zero-order chi connectivity index (χ0) is 10.7. The molecule has 0 radical (unpaired) electrons. The van der Waals surface area contributed by atoms with Crippen LogP contribution in [0.5, 0.6) is 0 Å². The molecule has 0 spiro atoms. The Hall–Kier alpha value is -1.19. The van der Waals surface area contributed by atoms with Crippen molar-refractivity contribution < 1.29 is 0 Å². The summed E-state index contributed by atoms with van der Waals surface area (Å²) in [6.45, 7) is 0. The molecule has 0 amide bonds. The number of benzene rings is 1. The molecule has 0 saturated heterocycles. The van der Waals surface area contributed by atoms with Gasteiger partial charge in [-0.3, -0.25) is 0 Å². The molecule has 94 valence electrons. The van der Waals surface area contributed by atoms with Gasteiger partial charge >= 0.3 is 0 Å². The highest BCUT2D eigenvalue weighted by atomic mass is 35.5. The summed E-state index contributed by atoms with van der Waals surface area (Å²) in [7, 11) is 2.02. The van der Waals surface area contributed by atoms with Gasteiger partial charge in [-0.25, -0.2) is 4.98 Å². The first kappa shape index (κ1) is 15.8. The summed E-state index contributed by atoms with van der Waals surface area (Å²) in [5.74, 6) is 1.12. The molecule has 17 heavy (non-hydrogen) atoms. The van der Waals surface area contributed by atoms with Crippen LogP contribution in [-0.2, 0) is 19.9 Å². The number of nitrogens with zero attached hydrogens (tertiary/aromatic N) is 2. The van der Waals surface area contributed by atoms with Crippen molar-refractivity contribution in [3.05, 3.63) is 48.0 Å². The molecular weight excluding hydrogens is 257 g/mol. The average Bonchev–Trinajstić information content (AvgIpc) is 2.63. The number of aryl methyl sites for hydroxylation is 3. The summed E-state index contributed by atoms with van der Waals surface area (Å²) < 4.78 is 2.05. The first-order valence-electron chi connectivity index (χ1n) is 5.06. The van der Waals surface area contributed by atoms with E-state index in [1.54, 1.807) is 0 Å². The molecule has 1 aromatic carbocycles. The standard InChI is InChI=1S/C12H15N3.2ClH/c1-15-9-8-14-12(15)7-4-10-2-5-11(13)6-3-10;;/h2-3,5-6,8-9H,4,7,13H2,1H3;2*1H. The number of halogens is 2. The Labute approximate surface area is 114 Å². The lowest BCUT2D eigenvalue weighted by Gasteiger charge is -2.02. The summed E-state index contributed by atoms with van der Waals surface area (Å²) in [6.07, 6.45) is 5.77. The molecule has 0 atom stereocenters. The van der Waals surface area contributed by atoms with E-state index >= 15 is 0 Å². The lowest BCUT2D eigenvalue weighted by molar-refractivity contribution is 0.771. The number of anilines is 1. The summed E-state index contributed by atoms with van der Waals surface area (Å²) in [6, 6.07) is 8.01. The van der Waals surface area contributed by atoms with Crippen molar-refractivity contribution in [1.29, 1.82) is 0 Å². The van der Waals surface area contributed by atoms with Gasteiger partial charge in [-0.15, -0.1) is 24.8 Å². The predicted octanol–water partition coefficient (Wildman–Crippen LogP) is 2.63. The minimum Gasteiger partial charge on any atom is -0.399 e. The smallest absolute Gasteiger partial charge is 0.108 e. The Morgan fingerprint density at radius 3 is 2.29 bits per heavy atom. The summed E-state index contributed by atoms with van der Waals surface area (Å²) in [5, 5.41) is 0. The van der Waals surface area contributed by atoms with Gasteiger partial charge in [0.05, 0.1) is 0 Å². The molecule has 1 heterocycles. The van der Waals surface area contributed by atoms with Gasteiger partial charge in [0.1, 0.15) is 5.82 Å². The zero-order valence-electron chi connectivity index (χ0n) is 9.67. The maximum Gasteiger partial charge on any atom is 0.108 e. The van der Waals surface area contributed by atoms with Gasteiger partial charge < -0.3 is 10.3 Å². The molecule has 0 fully saturated rings. The van der Waals surface area contributed by atoms with Crippen LogP contribution < -0.4 is 5.73 Å². The fourth-order valence-corrected chi connectivity index (χ4v) is 1.58. The number of rotatable bonds is 3. The van der Waals surface area contributed by atoms with Crippen LogP contribution in [0.3, 0.4) is 0 Å². The molecule has 0 saturated carbocycles. The van der Waals surface area contributed by atoms with Crippen LogP contribution in [0.4, 0.5) is 5.69 Å². The highest BCUT2D eigenvalue weighted by Gasteiger charge is 1.99. The van der Waals surface area contributed by atoms with Gasteiger partial charge in [0.25, 0.3) is 0 Å². The first-order chi connectivity index (χ1) is 7.25. The summed E-state index contributed by atoms with van der Waals surface area (Å²) in [4.78, 5) is 4.29. The van der Waals surface area contributed by atoms with E-state index in [4.69, 9.17) is 5.73 Å². The van der Waals surface area contributed by atoms with Gasteiger partial charge in [-0.05, 0) is 24.1 Å². The molecule has 5 heteroatoms. The number of nitrogens with two attached hydrogens (primary N) is 1. The highest BCUT2D eigenvalue weighted by Crippen LogP contribution is 2.08. The molecule has 2 aromatic rings. The number of imidazole rings is 1. The monoisotopic (exact) mass is 273 g/mol. The van der Waals surface area contributed by atoms with Crippen LogP contribution in [0, 0.1) is 0 Å². The molecule has 2 rings (SSSR count). The third-order valence-corrected chi connectivity index (χ3v) is 2.54. The lowest BCUT2D eigenvalue weighted by atomic mass is 10.1. The van der Waals surface area contributed by atoms with E-state index in [-0.39, 0.29) is 24.8 Å². The summed E-state index contributed by atoms with van der Waals surface area (Å²) in [5.41, 5.74) is 7.74. The van der Waals surface area contributed by atoms with Gasteiger partial charge in [0.2, 0.25) is 0 Å². The van der Waals surface area contributed by atoms with Gasteiger partial charge in [-0.1, -0.05) is 12.1 Å². The van der Waals surface area contributed by atoms with E-state index in [0.717, 1.165) is 24.4 Å². The first-order valence-corrected chi connectivity index (χ1v) is 5.06. The van der Waals surface area contributed by atoms with Crippen LogP contribution in [0.1, 0.15) is 11.4 Å². The second-order valence-corrected chi connectivity index (χ2v) is 3.70. The Kier molecular flexibility index (Phi) is 6.69. The molecule has 0 unspecified atom stereocenters. The Morgan fingerprint density at radius 2 is 1.76 bits per heavy atom. The van der Waals surface area contributed by atoms with E-state index in [0.29, 0.717) is 0 Å². The van der Waals surface area contributed by atoms with E-state index in [1.165, 1.54) is 5.56 Å². The van der Waals surface area contributed by atoms with Crippen molar-refractivity contribution in [3.8, 4) is 0 Å². The van der Waals surface area contributed by atoms with Gasteiger partial charge in [0, 0.05) is 31.5 Å². The van der Waals surface area contributed by atoms with Crippen molar-refractivity contribution in [2.75, 3.05) is 5.73 Å². The minimum atomic E-state index is 0. The molecule has 0 aliphatic rings. The maximum atomic E-state index is 5.63. The molecule has 2 N–H and O–H groups in total. The average molecular weight is 274 g/mol. The predicted molar refractivity (Wildman–Crippen MR) is 76.0 cm³/mol. The number of nitrogen functional groups attached to an aromatic ring is 1. The minimum absolute atomic E-state index is 0. The van der Waals surface area contributed by atoms with E-state index in [2.05, 4.69) is 21.7 Å². The number of aromatic nitrogens is 2. The molecule has 0 bridgehead atoms. The van der Waals surface area contributed by atoms with Crippen LogP contribution in [0.25, 0.3) is 0 Å². The maximum absolute atomic E-state index is 5.63. The number of hydrogen-bond donors (Lipinski definition) is 1. The fourth-order valence-electron chi connectivity index (χ4n) is 1.58. The Morgan fingerprint density at radius 1 is 1.12 bits per heavy atom. The van der Waals surface area contributed by atoms with E-state index in [1.807, 2.05) is 31.6 Å². The van der Waals surface area contributed by atoms with Crippen molar-refractivity contribution >= 4 is 30.5 Å². The zero-order valence-corrected chi connectivity index (χ0v) is 11.3. The van der Waals surface area contributed by atoms with Gasteiger partial charge in [-0.2, -0.15) is 0 Å². The second-order valence-electron chi connectivity index (χ2n) is 3.70. The number of hydrogen-bond acceptors (Lipinski definition) is 2. The van der Waals surface area contributed by atoms with Crippen molar-refractivity contribution in [3.63, 3.8) is 0 Å². The Balaban J connectivity index is 0.00000128. The third-order valence-electron chi connectivity index (χ3n) is 2.54. The molecule has 0 aliphatic carbocycles. The largest absolute Gasteiger partial charge is 0.399 e. The van der Waals surface area contributed by atoms with Crippen molar-refractivity contribution in [2.45, 2.75) is 12.8 Å². The summed E-state index contributed by atoms with van der Waals surface area (Å²) >= 11 is 0. The lowest BCUT2D eigenvalue weighted by Crippen LogP contribution is -1.99. The normalized spacial score (nSPS) is 9.24. The fraction of sp³-hybridized carbons (Fsp3) is 0.250. The quantitative estimate of drug-likeness (QED) is 0.874. The van der Waals surface area contributed by atoms with Crippen molar-refractivity contribution in [1.82, 2.24) is 9.55 Å². The molecule has 3 nitrogen and oxygen atoms in total. The van der Waals surface area contributed by atoms with Crippen LogP contribution in [0.2, 0.25) is 0 Å². The third kappa shape index (κ3) is 4.29. The van der Waals surface area contributed by atoms with Crippen LogP contribution in [0.15, 0.2) is 36.7 Å². The highest BCUT2D eigenvalue weighted by molar-refractivity contribution is 5.85. The molecule has 1 aromatic heterocycles.